The molecule has 1 rings (SSSR count). The predicted octanol–water partition coefficient (Wildman–Crippen LogP) is 2.72. The molecule has 0 amide bonds. The van der Waals surface area contributed by atoms with Gasteiger partial charge in [0.2, 0.25) is 0 Å². The molecule has 0 saturated carbocycles. The molecule has 0 spiro atoms. The second kappa shape index (κ2) is 7.01. The smallest absolute Gasteiger partial charge is 0.177 e. The van der Waals surface area contributed by atoms with Crippen molar-refractivity contribution in [2.75, 3.05) is 20.3 Å². The summed E-state index contributed by atoms with van der Waals surface area (Å²) in [7, 11) is 1.94. The van der Waals surface area contributed by atoms with Crippen molar-refractivity contribution in [2.24, 2.45) is 0 Å². The van der Waals surface area contributed by atoms with Gasteiger partial charge in [-0.25, -0.2) is 0 Å². The van der Waals surface area contributed by atoms with Gasteiger partial charge in [0.1, 0.15) is 0 Å². The minimum absolute atomic E-state index is 0.111. The highest BCUT2D eigenvalue weighted by Crippen LogP contribution is 2.28. The Bertz CT molecular complexity index is 295. The molecular weight excluding hydrogens is 222 g/mol. The largest absolute Gasteiger partial charge is 0.351 e. The minimum Gasteiger partial charge on any atom is -0.351 e. The van der Waals surface area contributed by atoms with E-state index in [1.54, 1.807) is 11.3 Å². The summed E-state index contributed by atoms with van der Waals surface area (Å²) in [6.45, 7) is 7.41. The quantitative estimate of drug-likeness (QED) is 0.747. The van der Waals surface area contributed by atoms with Crippen LogP contribution in [0.15, 0.2) is 11.4 Å². The summed E-state index contributed by atoms with van der Waals surface area (Å²) in [5.74, 6) is 0. The summed E-state index contributed by atoms with van der Waals surface area (Å²) in [4.78, 5) is 1.29. The molecule has 16 heavy (non-hydrogen) atoms. The number of ether oxygens (including phenoxy) is 2. The predicted molar refractivity (Wildman–Crippen MR) is 67.9 cm³/mol. The van der Waals surface area contributed by atoms with Gasteiger partial charge in [0.05, 0.1) is 6.04 Å². The van der Waals surface area contributed by atoms with Crippen LogP contribution >= 0.6 is 11.3 Å². The van der Waals surface area contributed by atoms with Crippen molar-refractivity contribution in [2.45, 2.75) is 33.1 Å². The number of nitrogens with one attached hydrogen (secondary N) is 1. The molecule has 0 aliphatic rings. The van der Waals surface area contributed by atoms with Gasteiger partial charge in [-0.1, -0.05) is 0 Å². The van der Waals surface area contributed by atoms with Gasteiger partial charge < -0.3 is 14.8 Å². The van der Waals surface area contributed by atoms with E-state index in [0.29, 0.717) is 13.2 Å². The van der Waals surface area contributed by atoms with Crippen molar-refractivity contribution in [3.63, 3.8) is 0 Å². The van der Waals surface area contributed by atoms with Crippen LogP contribution in [0.3, 0.4) is 0 Å². The number of rotatable bonds is 7. The lowest BCUT2D eigenvalue weighted by molar-refractivity contribution is -0.153. The van der Waals surface area contributed by atoms with Crippen molar-refractivity contribution in [3.8, 4) is 0 Å². The van der Waals surface area contributed by atoms with Crippen LogP contribution in [0.5, 0.6) is 0 Å². The van der Waals surface area contributed by atoms with Gasteiger partial charge in [0.25, 0.3) is 0 Å². The van der Waals surface area contributed by atoms with Gasteiger partial charge in [-0.3, -0.25) is 0 Å². The van der Waals surface area contributed by atoms with Gasteiger partial charge in [-0.2, -0.15) is 0 Å². The third-order valence-corrected chi connectivity index (χ3v) is 3.53. The summed E-state index contributed by atoms with van der Waals surface area (Å²) < 4.78 is 11.3. The second-order valence-corrected chi connectivity index (χ2v) is 4.46. The van der Waals surface area contributed by atoms with E-state index in [-0.39, 0.29) is 12.3 Å². The SMILES string of the molecule is CCOC(OCC)C(NC)c1sccc1C. The normalized spacial score (nSPS) is 13.3. The second-order valence-electron chi connectivity index (χ2n) is 3.51. The summed E-state index contributed by atoms with van der Waals surface area (Å²) >= 11 is 1.74. The van der Waals surface area contributed by atoms with Crippen molar-refractivity contribution in [3.05, 3.63) is 21.9 Å². The molecule has 0 aliphatic carbocycles. The molecule has 0 fully saturated rings. The van der Waals surface area contributed by atoms with Crippen molar-refractivity contribution < 1.29 is 9.47 Å². The molecule has 0 bridgehead atoms. The molecule has 3 nitrogen and oxygen atoms in total. The number of hydrogen-bond acceptors (Lipinski definition) is 4. The van der Waals surface area contributed by atoms with Crippen LogP contribution in [0.4, 0.5) is 0 Å². The molecule has 1 unspecified atom stereocenters. The highest BCUT2D eigenvalue weighted by Gasteiger charge is 2.24. The van der Waals surface area contributed by atoms with Crippen LogP contribution in [-0.4, -0.2) is 26.6 Å². The Morgan fingerprint density at radius 1 is 1.31 bits per heavy atom. The fourth-order valence-electron chi connectivity index (χ4n) is 1.66. The highest BCUT2D eigenvalue weighted by molar-refractivity contribution is 7.10. The summed E-state index contributed by atoms with van der Waals surface area (Å²) in [5.41, 5.74) is 1.29. The zero-order chi connectivity index (χ0) is 12.0. The lowest BCUT2D eigenvalue weighted by Crippen LogP contribution is -2.33. The molecule has 1 atom stereocenters. The Balaban J connectivity index is 2.81. The highest BCUT2D eigenvalue weighted by atomic mass is 32.1. The van der Waals surface area contributed by atoms with E-state index >= 15 is 0 Å². The van der Waals surface area contributed by atoms with E-state index in [1.807, 2.05) is 20.9 Å². The molecule has 0 aliphatic heterocycles. The third kappa shape index (κ3) is 3.28. The Morgan fingerprint density at radius 3 is 2.31 bits per heavy atom. The fraction of sp³-hybridized carbons (Fsp3) is 0.667. The van der Waals surface area contributed by atoms with Crippen LogP contribution in [-0.2, 0) is 9.47 Å². The van der Waals surface area contributed by atoms with E-state index in [2.05, 4.69) is 23.7 Å². The summed E-state index contributed by atoms with van der Waals surface area (Å²) in [6.07, 6.45) is -0.211. The third-order valence-electron chi connectivity index (χ3n) is 2.43. The van der Waals surface area contributed by atoms with Crippen LogP contribution in [0, 0.1) is 6.92 Å². The standard InChI is InChI=1S/C12H21NO2S/c1-5-14-12(15-6-2)10(13-4)11-9(3)7-8-16-11/h7-8,10,12-13H,5-6H2,1-4H3. The minimum atomic E-state index is -0.211. The van der Waals surface area contributed by atoms with Gasteiger partial charge in [0, 0.05) is 18.1 Å². The Labute approximate surface area is 102 Å². The zero-order valence-electron chi connectivity index (χ0n) is 10.4. The van der Waals surface area contributed by atoms with Crippen LogP contribution in [0.2, 0.25) is 0 Å². The Hall–Kier alpha value is -0.420. The van der Waals surface area contributed by atoms with Crippen LogP contribution in [0.25, 0.3) is 0 Å². The van der Waals surface area contributed by atoms with Gasteiger partial charge >= 0.3 is 0 Å². The first kappa shape index (κ1) is 13.6. The molecule has 4 heteroatoms. The Morgan fingerprint density at radius 2 is 1.94 bits per heavy atom. The first-order valence-corrected chi connectivity index (χ1v) is 6.57. The number of aryl methyl sites for hydroxylation is 1. The van der Waals surface area contributed by atoms with E-state index in [9.17, 15) is 0 Å². The van der Waals surface area contributed by atoms with E-state index in [4.69, 9.17) is 9.47 Å². The molecule has 0 radical (unpaired) electrons. The van der Waals surface area contributed by atoms with E-state index in [0.717, 1.165) is 0 Å². The van der Waals surface area contributed by atoms with Gasteiger partial charge in [0.15, 0.2) is 6.29 Å². The van der Waals surface area contributed by atoms with Gasteiger partial charge in [-0.15, -0.1) is 11.3 Å². The van der Waals surface area contributed by atoms with E-state index in [1.165, 1.54) is 10.4 Å². The van der Waals surface area contributed by atoms with E-state index < -0.39 is 0 Å². The van der Waals surface area contributed by atoms with Crippen LogP contribution in [0.1, 0.15) is 30.3 Å². The molecule has 1 aromatic heterocycles. The fourth-order valence-corrected chi connectivity index (χ4v) is 2.71. The van der Waals surface area contributed by atoms with Crippen LogP contribution < -0.4 is 5.32 Å². The summed E-state index contributed by atoms with van der Waals surface area (Å²) in [6, 6.07) is 2.24. The molecular formula is C12H21NO2S. The maximum absolute atomic E-state index is 5.64. The lowest BCUT2D eigenvalue weighted by atomic mass is 10.1. The maximum Gasteiger partial charge on any atom is 0.177 e. The molecule has 0 aromatic carbocycles. The Kier molecular flexibility index (Phi) is 5.98. The number of hydrogen-bond donors (Lipinski definition) is 1. The molecule has 1 N–H and O–H groups in total. The topological polar surface area (TPSA) is 30.5 Å². The van der Waals surface area contributed by atoms with Crippen molar-refractivity contribution in [1.29, 1.82) is 0 Å². The van der Waals surface area contributed by atoms with Crippen molar-refractivity contribution in [1.82, 2.24) is 5.32 Å². The number of likely N-dealkylation sites (N-methyl/N-ethyl adjacent to an activating group) is 1. The average molecular weight is 243 g/mol. The molecule has 1 aromatic rings. The lowest BCUT2D eigenvalue weighted by Gasteiger charge is -2.26. The monoisotopic (exact) mass is 243 g/mol. The molecule has 0 saturated heterocycles. The summed E-state index contributed by atoms with van der Waals surface area (Å²) in [5, 5.41) is 5.38. The average Bonchev–Trinajstić information content (AvgIpc) is 2.67. The maximum atomic E-state index is 5.64. The molecule has 1 heterocycles. The molecule has 92 valence electrons. The first-order valence-electron chi connectivity index (χ1n) is 5.69. The first-order chi connectivity index (χ1) is 7.74. The van der Waals surface area contributed by atoms with Crippen molar-refractivity contribution >= 4 is 11.3 Å². The zero-order valence-corrected chi connectivity index (χ0v) is 11.3. The number of thiophene rings is 1. The van der Waals surface area contributed by atoms with Gasteiger partial charge in [-0.05, 0) is 44.8 Å².